The van der Waals surface area contributed by atoms with Gasteiger partial charge < -0.3 is 9.72 Å². The zero-order valence-corrected chi connectivity index (χ0v) is 10.9. The second kappa shape index (κ2) is 3.76. The molecule has 0 saturated carbocycles. The second-order valence-electron chi connectivity index (χ2n) is 4.85. The number of aromatic amines is 1. The van der Waals surface area contributed by atoms with Crippen LogP contribution in [0.1, 0.15) is 31.5 Å². The quantitative estimate of drug-likeness (QED) is 0.811. The number of halogens is 1. The first-order valence-corrected chi connectivity index (χ1v) is 6.46. The van der Waals surface area contributed by atoms with Crippen LogP contribution in [0, 0.1) is 0 Å². The van der Waals surface area contributed by atoms with Crippen LogP contribution >= 0.6 is 11.6 Å². The number of ether oxygens (including phenoxy) is 1. The third kappa shape index (κ3) is 1.59. The van der Waals surface area contributed by atoms with Gasteiger partial charge in [0.25, 0.3) is 0 Å². The van der Waals surface area contributed by atoms with Crippen LogP contribution in [0.2, 0.25) is 5.02 Å². The molecule has 3 heteroatoms. The Bertz CT molecular complexity index is 575. The van der Waals surface area contributed by atoms with Crippen LogP contribution in [0.4, 0.5) is 0 Å². The second-order valence-corrected chi connectivity index (χ2v) is 5.29. The Morgan fingerprint density at radius 3 is 3.06 bits per heavy atom. The molecular formula is C14H16ClNO. The molecule has 2 heterocycles. The topological polar surface area (TPSA) is 25.0 Å². The smallest absolute Gasteiger partial charge is 0.105 e. The number of rotatable bonds is 1. The summed E-state index contributed by atoms with van der Waals surface area (Å²) >= 11 is 6.04. The van der Waals surface area contributed by atoms with Gasteiger partial charge in [0.05, 0.1) is 12.3 Å². The van der Waals surface area contributed by atoms with Gasteiger partial charge in [0, 0.05) is 15.9 Å². The highest BCUT2D eigenvalue weighted by Gasteiger charge is 2.34. The summed E-state index contributed by atoms with van der Waals surface area (Å²) in [6.45, 7) is 5.11. The summed E-state index contributed by atoms with van der Waals surface area (Å²) in [5, 5.41) is 2.06. The van der Waals surface area contributed by atoms with E-state index in [2.05, 4.69) is 24.9 Å². The lowest BCUT2D eigenvalue weighted by Crippen LogP contribution is -2.31. The largest absolute Gasteiger partial charge is 0.369 e. The van der Waals surface area contributed by atoms with E-state index in [9.17, 15) is 0 Å². The van der Waals surface area contributed by atoms with Gasteiger partial charge in [0.1, 0.15) is 5.60 Å². The summed E-state index contributed by atoms with van der Waals surface area (Å²) in [7, 11) is 0. The summed E-state index contributed by atoms with van der Waals surface area (Å²) in [5.74, 6) is 0. The molecule has 2 nitrogen and oxygen atoms in total. The number of aromatic nitrogens is 1. The zero-order chi connectivity index (χ0) is 12.0. The van der Waals surface area contributed by atoms with E-state index in [1.807, 2.05) is 12.1 Å². The maximum atomic E-state index is 6.04. The van der Waals surface area contributed by atoms with Gasteiger partial charge in [-0.3, -0.25) is 0 Å². The molecule has 0 spiro atoms. The molecule has 1 aliphatic rings. The molecule has 0 radical (unpaired) electrons. The lowest BCUT2D eigenvalue weighted by atomic mass is 9.91. The maximum absolute atomic E-state index is 6.04. The van der Waals surface area contributed by atoms with Crippen molar-refractivity contribution >= 4 is 22.5 Å². The van der Waals surface area contributed by atoms with E-state index in [1.165, 1.54) is 16.6 Å². The standard InChI is InChI=1S/C14H16ClNO/c1-3-14(2)13-11(6-7-17-14)10-5-4-9(15)8-12(10)16-13/h4-5,8,16H,3,6-7H2,1-2H3. The van der Waals surface area contributed by atoms with Gasteiger partial charge in [0.2, 0.25) is 0 Å². The fourth-order valence-electron chi connectivity index (χ4n) is 2.67. The SMILES string of the molecule is CCC1(C)OCCc2c1[nH]c1cc(Cl)ccc21. The molecule has 0 amide bonds. The van der Waals surface area contributed by atoms with Crippen molar-refractivity contribution < 1.29 is 4.74 Å². The minimum absolute atomic E-state index is 0.181. The lowest BCUT2D eigenvalue weighted by Gasteiger charge is -2.33. The summed E-state index contributed by atoms with van der Waals surface area (Å²) in [5.41, 5.74) is 3.56. The van der Waals surface area contributed by atoms with Crippen molar-refractivity contribution in [3.8, 4) is 0 Å². The van der Waals surface area contributed by atoms with Crippen molar-refractivity contribution in [1.29, 1.82) is 0 Å². The van der Waals surface area contributed by atoms with Crippen molar-refractivity contribution in [2.75, 3.05) is 6.61 Å². The third-order valence-electron chi connectivity index (χ3n) is 3.84. The Morgan fingerprint density at radius 2 is 2.29 bits per heavy atom. The molecule has 1 aliphatic heterocycles. The van der Waals surface area contributed by atoms with Crippen molar-refractivity contribution in [2.24, 2.45) is 0 Å². The average Bonchev–Trinajstić information content (AvgIpc) is 2.68. The number of hydrogen-bond acceptors (Lipinski definition) is 1. The molecule has 17 heavy (non-hydrogen) atoms. The van der Waals surface area contributed by atoms with Gasteiger partial charge in [-0.05, 0) is 37.5 Å². The van der Waals surface area contributed by atoms with E-state index in [1.54, 1.807) is 0 Å². The normalized spacial score (nSPS) is 23.9. The van der Waals surface area contributed by atoms with Crippen LogP contribution in [-0.4, -0.2) is 11.6 Å². The highest BCUT2D eigenvalue weighted by molar-refractivity contribution is 6.31. The molecule has 0 fully saturated rings. The van der Waals surface area contributed by atoms with E-state index < -0.39 is 0 Å². The Labute approximate surface area is 106 Å². The van der Waals surface area contributed by atoms with Crippen LogP contribution in [-0.2, 0) is 16.8 Å². The van der Waals surface area contributed by atoms with Crippen molar-refractivity contribution in [3.05, 3.63) is 34.5 Å². The van der Waals surface area contributed by atoms with Gasteiger partial charge >= 0.3 is 0 Å². The van der Waals surface area contributed by atoms with Gasteiger partial charge in [-0.15, -0.1) is 0 Å². The van der Waals surface area contributed by atoms with Gasteiger partial charge in [-0.25, -0.2) is 0 Å². The van der Waals surface area contributed by atoms with Crippen LogP contribution in [0.25, 0.3) is 10.9 Å². The number of hydrogen-bond donors (Lipinski definition) is 1. The Kier molecular flexibility index (Phi) is 2.46. The van der Waals surface area contributed by atoms with E-state index in [4.69, 9.17) is 16.3 Å². The first-order chi connectivity index (χ1) is 8.14. The predicted molar refractivity (Wildman–Crippen MR) is 70.6 cm³/mol. The van der Waals surface area contributed by atoms with E-state index in [0.29, 0.717) is 0 Å². The van der Waals surface area contributed by atoms with Crippen molar-refractivity contribution in [3.63, 3.8) is 0 Å². The molecule has 1 atom stereocenters. The van der Waals surface area contributed by atoms with Gasteiger partial charge in [-0.1, -0.05) is 24.6 Å². The van der Waals surface area contributed by atoms with E-state index >= 15 is 0 Å². The molecule has 1 unspecified atom stereocenters. The van der Waals surface area contributed by atoms with E-state index in [0.717, 1.165) is 30.0 Å². The lowest BCUT2D eigenvalue weighted by molar-refractivity contribution is -0.0513. The number of benzene rings is 1. The van der Waals surface area contributed by atoms with Gasteiger partial charge in [-0.2, -0.15) is 0 Å². The molecule has 0 saturated heterocycles. The molecule has 3 rings (SSSR count). The summed E-state index contributed by atoms with van der Waals surface area (Å²) in [4.78, 5) is 3.49. The van der Waals surface area contributed by atoms with Crippen LogP contribution in [0.5, 0.6) is 0 Å². The molecule has 1 aromatic carbocycles. The van der Waals surface area contributed by atoms with Crippen LogP contribution in [0.15, 0.2) is 18.2 Å². The number of nitrogens with one attached hydrogen (secondary N) is 1. The third-order valence-corrected chi connectivity index (χ3v) is 4.08. The predicted octanol–water partition coefficient (Wildman–Crippen LogP) is 4.02. The molecule has 1 aromatic heterocycles. The fraction of sp³-hybridized carbons (Fsp3) is 0.429. The number of H-pyrrole nitrogens is 1. The summed E-state index contributed by atoms with van der Waals surface area (Å²) < 4.78 is 5.94. The Balaban J connectivity index is 2.28. The molecule has 1 N–H and O–H groups in total. The average molecular weight is 250 g/mol. The Hall–Kier alpha value is -0.990. The highest BCUT2D eigenvalue weighted by Crippen LogP contribution is 2.39. The van der Waals surface area contributed by atoms with E-state index in [-0.39, 0.29) is 5.60 Å². The molecular weight excluding hydrogens is 234 g/mol. The minimum atomic E-state index is -0.181. The maximum Gasteiger partial charge on any atom is 0.105 e. The highest BCUT2D eigenvalue weighted by atomic mass is 35.5. The first-order valence-electron chi connectivity index (χ1n) is 6.08. The minimum Gasteiger partial charge on any atom is -0.369 e. The van der Waals surface area contributed by atoms with Crippen molar-refractivity contribution in [1.82, 2.24) is 4.98 Å². The summed E-state index contributed by atoms with van der Waals surface area (Å²) in [6, 6.07) is 6.05. The molecule has 0 aliphatic carbocycles. The molecule has 0 bridgehead atoms. The van der Waals surface area contributed by atoms with Crippen molar-refractivity contribution in [2.45, 2.75) is 32.3 Å². The van der Waals surface area contributed by atoms with Gasteiger partial charge in [0.15, 0.2) is 0 Å². The molecule has 2 aromatic rings. The zero-order valence-electron chi connectivity index (χ0n) is 10.1. The fourth-order valence-corrected chi connectivity index (χ4v) is 2.84. The van der Waals surface area contributed by atoms with Crippen LogP contribution in [0.3, 0.4) is 0 Å². The monoisotopic (exact) mass is 249 g/mol. The molecule has 90 valence electrons. The Morgan fingerprint density at radius 1 is 1.47 bits per heavy atom. The summed E-state index contributed by atoms with van der Waals surface area (Å²) in [6.07, 6.45) is 1.95. The number of fused-ring (bicyclic) bond motifs is 3. The van der Waals surface area contributed by atoms with Crippen LogP contribution < -0.4 is 0 Å². The first kappa shape index (κ1) is 11.1.